The molecule has 2 saturated heterocycles. The van der Waals surface area contributed by atoms with Crippen molar-refractivity contribution in [3.8, 4) is 0 Å². The molecule has 13 atom stereocenters. The fraction of sp³-hybridized carbons (Fsp3) is 0.971. The Hall–Kier alpha value is -0.730. The Bertz CT molecular complexity index is 1100. The molecule has 0 aromatic rings. The molecule has 3 N–H and O–H groups in total. The van der Waals surface area contributed by atoms with Gasteiger partial charge < -0.3 is 30.0 Å². The zero-order valence-corrected chi connectivity index (χ0v) is 27.4. The Balaban J connectivity index is 1.12. The first-order valence-corrected chi connectivity index (χ1v) is 17.4. The number of aliphatic hydroxyl groups excluding tert-OH is 1. The van der Waals surface area contributed by atoms with Gasteiger partial charge in [0.25, 0.3) is 0 Å². The van der Waals surface area contributed by atoms with E-state index >= 15 is 0 Å². The molecule has 0 aromatic heterocycles. The average molecular weight is 587 g/mol. The molecule has 0 aromatic carbocycles. The Morgan fingerprint density at radius 2 is 1.79 bits per heavy atom. The first-order chi connectivity index (χ1) is 19.8. The fourth-order valence-corrected chi connectivity index (χ4v) is 13.2. The van der Waals surface area contributed by atoms with Gasteiger partial charge in [0.15, 0.2) is 6.29 Å². The smallest absolute Gasteiger partial charge is 0.225 e. The van der Waals surface area contributed by atoms with Crippen LogP contribution in [-0.2, 0) is 19.0 Å². The van der Waals surface area contributed by atoms with Gasteiger partial charge in [0.2, 0.25) is 5.91 Å². The van der Waals surface area contributed by atoms with Crippen molar-refractivity contribution < 1.29 is 24.1 Å². The molecule has 0 radical (unpaired) electrons. The lowest BCUT2D eigenvalue weighted by atomic mass is 9.41. The highest BCUT2D eigenvalue weighted by Crippen LogP contribution is 2.89. The summed E-state index contributed by atoms with van der Waals surface area (Å²) in [6, 6.07) is 0. The molecule has 2 heterocycles. The number of fused-ring (bicyclic) bond motifs is 4. The number of rotatable bonds is 4. The van der Waals surface area contributed by atoms with E-state index in [-0.39, 0.29) is 52.7 Å². The maximum Gasteiger partial charge on any atom is 0.225 e. The fourth-order valence-electron chi connectivity index (χ4n) is 13.2. The van der Waals surface area contributed by atoms with Gasteiger partial charge >= 0.3 is 0 Å². The van der Waals surface area contributed by atoms with Gasteiger partial charge in [-0.15, -0.1) is 0 Å². The number of nitrogens with zero attached hydrogens (tertiary/aromatic N) is 1. The van der Waals surface area contributed by atoms with Crippen LogP contribution in [0.1, 0.15) is 99.8 Å². The predicted molar refractivity (Wildman–Crippen MR) is 161 cm³/mol. The van der Waals surface area contributed by atoms with E-state index in [0.717, 1.165) is 12.8 Å². The lowest BCUT2D eigenvalue weighted by Gasteiger charge is -2.64. The summed E-state index contributed by atoms with van der Waals surface area (Å²) >= 11 is 0. The predicted octanol–water partition coefficient (Wildman–Crippen LogP) is 4.98. The van der Waals surface area contributed by atoms with E-state index in [1.165, 1.54) is 38.5 Å². The van der Waals surface area contributed by atoms with E-state index < -0.39 is 6.10 Å². The van der Waals surface area contributed by atoms with Crippen LogP contribution in [-0.4, -0.2) is 72.9 Å². The third kappa shape index (κ3) is 3.67. The Labute approximate surface area is 254 Å². The monoisotopic (exact) mass is 586 g/mol. The minimum absolute atomic E-state index is 0.00521. The zero-order chi connectivity index (χ0) is 30.0. The molecule has 5 aliphatic carbocycles. The van der Waals surface area contributed by atoms with E-state index in [2.05, 4.69) is 34.6 Å². The normalized spacial score (nSPS) is 54.3. The second kappa shape index (κ2) is 9.64. The summed E-state index contributed by atoms with van der Waals surface area (Å²) in [4.78, 5) is 14.6. The van der Waals surface area contributed by atoms with Gasteiger partial charge in [0.05, 0.1) is 37.6 Å². The second-order valence-electron chi connectivity index (χ2n) is 17.2. The van der Waals surface area contributed by atoms with Crippen molar-refractivity contribution in [2.24, 2.45) is 62.4 Å². The molecule has 7 heteroatoms. The van der Waals surface area contributed by atoms with E-state index in [4.69, 9.17) is 19.9 Å². The topological polar surface area (TPSA) is 94.2 Å². The van der Waals surface area contributed by atoms with Gasteiger partial charge in [0, 0.05) is 24.4 Å². The highest BCUT2D eigenvalue weighted by molar-refractivity contribution is 5.78. The maximum absolute atomic E-state index is 12.7. The number of amides is 1. The lowest BCUT2D eigenvalue weighted by Crippen LogP contribution is -2.60. The third-order valence-corrected chi connectivity index (χ3v) is 15.2. The summed E-state index contributed by atoms with van der Waals surface area (Å²) < 4.78 is 19.5. The van der Waals surface area contributed by atoms with Crippen LogP contribution in [0.2, 0.25) is 0 Å². The standard InChI is InChI=1S/C35H58N2O5/c1-20(2)30(39)37-14-15-40-26(18-37)42-25-10-11-34-19-35(34)13-12-32(6)27-21(3)16-22(17-36)41-28(27)29(38)33(32,7)24(35)9-8-23(34)31(25,4)5/h20-29,38H,8-19,36H2,1-7H3/t21-,22-,23+,24+,25+,26+,27+,28+,29+,32-,33-,34-,35+/m1/s1. The van der Waals surface area contributed by atoms with Crippen LogP contribution in [0.5, 0.6) is 0 Å². The molecule has 0 bridgehead atoms. The second-order valence-corrected chi connectivity index (χ2v) is 17.2. The van der Waals surface area contributed by atoms with Gasteiger partial charge in [-0.05, 0) is 96.7 Å². The number of morpholine rings is 1. The molecule has 238 valence electrons. The molecule has 7 nitrogen and oxygen atoms in total. The first kappa shape index (κ1) is 30.0. The highest BCUT2D eigenvalue weighted by atomic mass is 16.7. The van der Waals surface area contributed by atoms with Crippen molar-refractivity contribution in [3.05, 3.63) is 0 Å². The maximum atomic E-state index is 12.7. The number of carbonyl (C=O) groups is 1. The number of aliphatic hydroxyl groups is 1. The van der Waals surface area contributed by atoms with Crippen LogP contribution in [0.3, 0.4) is 0 Å². The highest BCUT2D eigenvalue weighted by Gasteiger charge is 2.84. The summed E-state index contributed by atoms with van der Waals surface area (Å²) in [6.07, 6.45) is 8.84. The number of carbonyl (C=O) groups excluding carboxylic acids is 1. The number of hydrogen-bond acceptors (Lipinski definition) is 6. The minimum Gasteiger partial charge on any atom is -0.390 e. The van der Waals surface area contributed by atoms with Crippen LogP contribution in [0, 0.1) is 56.7 Å². The van der Waals surface area contributed by atoms with Crippen LogP contribution in [0.4, 0.5) is 0 Å². The molecule has 2 spiro atoms. The van der Waals surface area contributed by atoms with Crippen molar-refractivity contribution in [2.75, 3.05) is 26.2 Å². The summed E-state index contributed by atoms with van der Waals surface area (Å²) in [5.74, 6) is 2.27. The number of hydrogen-bond donors (Lipinski definition) is 2. The van der Waals surface area contributed by atoms with Gasteiger partial charge in [-0.1, -0.05) is 48.5 Å². The molecule has 7 fully saturated rings. The summed E-state index contributed by atoms with van der Waals surface area (Å²) in [5, 5.41) is 12.2. The van der Waals surface area contributed by atoms with Gasteiger partial charge in [-0.2, -0.15) is 0 Å². The van der Waals surface area contributed by atoms with Crippen molar-refractivity contribution >= 4 is 5.91 Å². The molecule has 7 rings (SSSR count). The van der Waals surface area contributed by atoms with Crippen molar-refractivity contribution in [3.63, 3.8) is 0 Å². The Kier molecular flexibility index (Phi) is 6.87. The Morgan fingerprint density at radius 1 is 1.07 bits per heavy atom. The Morgan fingerprint density at radius 3 is 2.50 bits per heavy atom. The number of ether oxygens (including phenoxy) is 3. The van der Waals surface area contributed by atoms with Gasteiger partial charge in [-0.25, -0.2) is 0 Å². The molecular formula is C35H58N2O5. The van der Waals surface area contributed by atoms with E-state index in [0.29, 0.717) is 60.7 Å². The van der Waals surface area contributed by atoms with Crippen LogP contribution < -0.4 is 5.73 Å². The van der Waals surface area contributed by atoms with E-state index in [1.54, 1.807) is 0 Å². The summed E-state index contributed by atoms with van der Waals surface area (Å²) in [7, 11) is 0. The third-order valence-electron chi connectivity index (χ3n) is 15.2. The number of nitrogens with two attached hydrogens (primary N) is 1. The average Bonchev–Trinajstić information content (AvgIpc) is 3.59. The first-order valence-electron chi connectivity index (χ1n) is 17.4. The van der Waals surface area contributed by atoms with Crippen molar-refractivity contribution in [1.29, 1.82) is 0 Å². The molecule has 2 aliphatic heterocycles. The SMILES string of the molecule is CC(C)C(=O)N1CCO[C@@H](O[C@H]2CC[C@]34C[C@]35CC[C@]3(C)[C@@H]6[C@H](O[C@@H](CN)C[C@H]6C)[C@H](O)[C@@]3(C)[C@@H]5CC[C@H]4C2(C)C)C1. The van der Waals surface area contributed by atoms with Crippen molar-refractivity contribution in [1.82, 2.24) is 4.90 Å². The quantitative estimate of drug-likeness (QED) is 0.482. The summed E-state index contributed by atoms with van der Waals surface area (Å²) in [5.41, 5.74) is 6.79. The molecule has 0 unspecified atom stereocenters. The van der Waals surface area contributed by atoms with Crippen LogP contribution in [0.25, 0.3) is 0 Å². The summed E-state index contributed by atoms with van der Waals surface area (Å²) in [6.45, 7) is 18.5. The van der Waals surface area contributed by atoms with Crippen molar-refractivity contribution in [2.45, 2.75) is 131 Å². The van der Waals surface area contributed by atoms with Gasteiger partial charge in [0.1, 0.15) is 0 Å². The molecule has 7 aliphatic rings. The zero-order valence-electron chi connectivity index (χ0n) is 27.4. The molecular weight excluding hydrogens is 528 g/mol. The largest absolute Gasteiger partial charge is 0.390 e. The molecule has 42 heavy (non-hydrogen) atoms. The van der Waals surface area contributed by atoms with Crippen LogP contribution >= 0.6 is 0 Å². The van der Waals surface area contributed by atoms with Gasteiger partial charge in [-0.3, -0.25) is 4.79 Å². The van der Waals surface area contributed by atoms with Crippen LogP contribution in [0.15, 0.2) is 0 Å². The molecule has 1 amide bonds. The van der Waals surface area contributed by atoms with E-state index in [9.17, 15) is 9.90 Å². The molecule has 5 saturated carbocycles. The minimum atomic E-state index is -0.423. The lowest BCUT2D eigenvalue weighted by molar-refractivity contribution is -0.248. The van der Waals surface area contributed by atoms with E-state index in [1.807, 2.05) is 18.7 Å².